The molecule has 1 unspecified atom stereocenters. The maximum Gasteiger partial charge on any atom is 0.418 e. The van der Waals surface area contributed by atoms with Crippen molar-refractivity contribution in [2.75, 3.05) is 6.54 Å². The molecule has 1 saturated carbocycles. The summed E-state index contributed by atoms with van der Waals surface area (Å²) in [6.45, 7) is -0.372. The van der Waals surface area contributed by atoms with E-state index in [1.54, 1.807) is 24.3 Å². The molecule has 1 spiro atoms. The second kappa shape index (κ2) is 9.20. The number of ether oxygens (including phenoxy) is 1. The van der Waals surface area contributed by atoms with Gasteiger partial charge >= 0.3 is 12.2 Å². The number of fused-ring (bicyclic) bond motifs is 2. The summed E-state index contributed by atoms with van der Waals surface area (Å²) in [5.74, 6) is -1.46. The fourth-order valence-electron chi connectivity index (χ4n) is 5.19. The molecule has 2 N–H and O–H groups in total. The molecule has 1 heterocycles. The van der Waals surface area contributed by atoms with E-state index in [1.807, 2.05) is 6.07 Å². The lowest BCUT2D eigenvalue weighted by molar-refractivity contribution is -0.144. The molecule has 11 heteroatoms. The average molecular weight is 560 g/mol. The van der Waals surface area contributed by atoms with Crippen LogP contribution in [-0.4, -0.2) is 57.5 Å². The van der Waals surface area contributed by atoms with Crippen LogP contribution < -0.4 is 5.32 Å². The minimum Gasteiger partial charge on any atom is -0.465 e. The van der Waals surface area contributed by atoms with E-state index in [9.17, 15) is 23.6 Å². The molecule has 1 atom stereocenters. The van der Waals surface area contributed by atoms with E-state index >= 15 is 0 Å². The van der Waals surface area contributed by atoms with Crippen LogP contribution >= 0.6 is 15.9 Å². The van der Waals surface area contributed by atoms with Crippen molar-refractivity contribution in [3.8, 4) is 0 Å². The van der Waals surface area contributed by atoms with Crippen molar-refractivity contribution in [1.29, 1.82) is 0 Å². The lowest BCUT2D eigenvalue weighted by Crippen LogP contribution is -2.56. The van der Waals surface area contributed by atoms with Crippen LogP contribution in [0.25, 0.3) is 0 Å². The predicted molar refractivity (Wildman–Crippen MR) is 127 cm³/mol. The monoisotopic (exact) mass is 559 g/mol. The van der Waals surface area contributed by atoms with Gasteiger partial charge in [-0.2, -0.15) is 0 Å². The highest BCUT2D eigenvalue weighted by Crippen LogP contribution is 2.46. The molecular weight excluding hydrogens is 537 g/mol. The molecule has 2 fully saturated rings. The maximum atomic E-state index is 13.4. The van der Waals surface area contributed by atoms with Crippen LogP contribution in [0.1, 0.15) is 36.0 Å². The Morgan fingerprint density at radius 2 is 1.92 bits per heavy atom. The summed E-state index contributed by atoms with van der Waals surface area (Å²) in [5.41, 5.74) is 0.774. The first-order valence-corrected chi connectivity index (χ1v) is 12.3. The summed E-state index contributed by atoms with van der Waals surface area (Å²) in [6, 6.07) is 10.5. The largest absolute Gasteiger partial charge is 0.465 e. The number of halogens is 2. The maximum absolute atomic E-state index is 13.4. The summed E-state index contributed by atoms with van der Waals surface area (Å²) >= 11 is 3.41. The highest BCUT2D eigenvalue weighted by molar-refractivity contribution is 9.10. The fraction of sp³-hybridized carbons (Fsp3) is 0.360. The second-order valence-electron chi connectivity index (χ2n) is 9.31. The van der Waals surface area contributed by atoms with Gasteiger partial charge in [-0.25, -0.2) is 18.9 Å². The Labute approximate surface area is 214 Å². The van der Waals surface area contributed by atoms with Gasteiger partial charge in [0.15, 0.2) is 0 Å². The smallest absolute Gasteiger partial charge is 0.418 e. The third-order valence-electron chi connectivity index (χ3n) is 7.08. The third-order valence-corrected chi connectivity index (χ3v) is 7.58. The lowest BCUT2D eigenvalue weighted by Gasteiger charge is -2.43. The minimum absolute atomic E-state index is 0.128. The van der Waals surface area contributed by atoms with Crippen LogP contribution in [-0.2, 0) is 32.9 Å². The first kappa shape index (κ1) is 24.2. The zero-order chi connectivity index (χ0) is 25.6. The summed E-state index contributed by atoms with van der Waals surface area (Å²) in [7, 11) is 0. The minimum atomic E-state index is -1.43. The first-order chi connectivity index (χ1) is 17.2. The Hall–Kier alpha value is -3.47. The van der Waals surface area contributed by atoms with Crippen LogP contribution in [0.15, 0.2) is 46.9 Å². The highest BCUT2D eigenvalue weighted by Gasteiger charge is 2.58. The average Bonchev–Trinajstić information content (AvgIpc) is 3.27. The molecule has 2 aromatic carbocycles. The van der Waals surface area contributed by atoms with Gasteiger partial charge in [-0.1, -0.05) is 34.1 Å². The molecule has 3 aliphatic rings. The van der Waals surface area contributed by atoms with Crippen LogP contribution in [0.2, 0.25) is 0 Å². The highest BCUT2D eigenvalue weighted by atomic mass is 79.9. The molecule has 2 aromatic rings. The summed E-state index contributed by atoms with van der Waals surface area (Å²) < 4.78 is 19.8. The molecule has 0 aromatic heterocycles. The first-order valence-electron chi connectivity index (χ1n) is 11.5. The Morgan fingerprint density at radius 1 is 1.19 bits per heavy atom. The molecule has 1 aliphatic heterocycles. The molecule has 0 bridgehead atoms. The number of nitrogens with one attached hydrogen (secondary N) is 1. The number of hydrogen-bond acceptors (Lipinski definition) is 5. The Balaban J connectivity index is 1.34. The summed E-state index contributed by atoms with van der Waals surface area (Å²) in [4.78, 5) is 53.0. The molecule has 0 radical (unpaired) electrons. The summed E-state index contributed by atoms with van der Waals surface area (Å²) in [5, 5.41) is 11.3. The fourth-order valence-corrected chi connectivity index (χ4v) is 5.60. The predicted octanol–water partition coefficient (Wildman–Crippen LogP) is 3.54. The van der Waals surface area contributed by atoms with Gasteiger partial charge in [0.1, 0.15) is 12.4 Å². The summed E-state index contributed by atoms with van der Waals surface area (Å²) in [6.07, 6.45) is -0.363. The molecule has 1 saturated heterocycles. The number of amides is 4. The quantitative estimate of drug-likeness (QED) is 0.559. The standard InChI is InChI=1S/C25H23BrFN3O6/c26-16-3-6-20-15(9-16)7-8-25(20)22(32)30(24(35)36-25)13-21(31)29(12-14-1-4-17(27)5-2-14)19-10-18(11-19)28-23(33)34/h1-6,9,18-19,28H,7-8,10-13H2,(H,33,34). The van der Waals surface area contributed by atoms with E-state index in [0.717, 1.165) is 14.9 Å². The number of aryl methyl sites for hydroxylation is 1. The number of hydrogen-bond donors (Lipinski definition) is 2. The van der Waals surface area contributed by atoms with Crippen molar-refractivity contribution in [3.05, 3.63) is 69.4 Å². The van der Waals surface area contributed by atoms with E-state index in [0.29, 0.717) is 36.8 Å². The number of carbonyl (C=O) groups excluding carboxylic acids is 3. The van der Waals surface area contributed by atoms with Crippen LogP contribution in [0.4, 0.5) is 14.0 Å². The van der Waals surface area contributed by atoms with E-state index < -0.39 is 42.0 Å². The number of benzene rings is 2. The molecule has 4 amide bonds. The van der Waals surface area contributed by atoms with Crippen LogP contribution in [0.3, 0.4) is 0 Å². The van der Waals surface area contributed by atoms with Gasteiger partial charge in [-0.05, 0) is 54.7 Å². The van der Waals surface area contributed by atoms with Crippen LogP contribution in [0, 0.1) is 5.82 Å². The Bertz CT molecular complexity index is 1250. The lowest BCUT2D eigenvalue weighted by atomic mass is 9.85. The van der Waals surface area contributed by atoms with E-state index in [4.69, 9.17) is 9.84 Å². The Kier molecular flexibility index (Phi) is 6.19. The third kappa shape index (κ3) is 4.32. The van der Waals surface area contributed by atoms with Crippen molar-refractivity contribution >= 4 is 39.9 Å². The van der Waals surface area contributed by atoms with E-state index in [-0.39, 0.29) is 18.6 Å². The van der Waals surface area contributed by atoms with Gasteiger partial charge in [-0.15, -0.1) is 0 Å². The van der Waals surface area contributed by atoms with E-state index in [1.165, 1.54) is 17.0 Å². The SMILES string of the molecule is O=C(O)NC1CC(N(Cc2ccc(F)cc2)C(=O)CN2C(=O)OC3(CCc4cc(Br)ccc43)C2=O)C1. The molecule has 36 heavy (non-hydrogen) atoms. The number of imide groups is 1. The second-order valence-corrected chi connectivity index (χ2v) is 10.2. The molecular formula is C25H23BrFN3O6. The van der Waals surface area contributed by atoms with Gasteiger partial charge in [0.2, 0.25) is 11.5 Å². The topological polar surface area (TPSA) is 116 Å². The van der Waals surface area contributed by atoms with Crippen LogP contribution in [0.5, 0.6) is 0 Å². The van der Waals surface area contributed by atoms with Gasteiger partial charge in [-0.3, -0.25) is 9.59 Å². The normalized spacial score (nSPS) is 24.3. The number of nitrogens with zero attached hydrogens (tertiary/aromatic N) is 2. The molecule has 9 nitrogen and oxygen atoms in total. The van der Waals surface area contributed by atoms with Gasteiger partial charge in [0.05, 0.1) is 0 Å². The van der Waals surface area contributed by atoms with Crippen molar-refractivity contribution in [2.24, 2.45) is 0 Å². The molecule has 2 aliphatic carbocycles. The van der Waals surface area contributed by atoms with Gasteiger partial charge in [0, 0.05) is 35.1 Å². The van der Waals surface area contributed by atoms with Crippen molar-refractivity contribution < 1.29 is 33.4 Å². The number of carboxylic acid groups (broad SMARTS) is 1. The van der Waals surface area contributed by atoms with Crippen molar-refractivity contribution in [1.82, 2.24) is 15.1 Å². The molecule has 188 valence electrons. The number of carbonyl (C=O) groups is 4. The molecule has 5 rings (SSSR count). The van der Waals surface area contributed by atoms with E-state index in [2.05, 4.69) is 21.2 Å². The Morgan fingerprint density at radius 3 is 2.61 bits per heavy atom. The number of rotatable bonds is 6. The van der Waals surface area contributed by atoms with Gasteiger partial charge < -0.3 is 20.1 Å². The van der Waals surface area contributed by atoms with Gasteiger partial charge in [0.25, 0.3) is 5.91 Å². The van der Waals surface area contributed by atoms with Crippen molar-refractivity contribution in [2.45, 2.75) is 49.9 Å². The zero-order valence-corrected chi connectivity index (χ0v) is 20.7. The van der Waals surface area contributed by atoms with Crippen molar-refractivity contribution in [3.63, 3.8) is 0 Å². The zero-order valence-electron chi connectivity index (χ0n) is 19.1.